The number of carbonyl (C=O) groups excluding carboxylic acids is 2. The van der Waals surface area contributed by atoms with Crippen molar-refractivity contribution in [3.05, 3.63) is 92.4 Å². The van der Waals surface area contributed by atoms with Gasteiger partial charge in [-0.3, -0.25) is 13.9 Å². The van der Waals surface area contributed by atoms with Gasteiger partial charge in [-0.1, -0.05) is 69.8 Å². The lowest BCUT2D eigenvalue weighted by Gasteiger charge is -2.33. The van der Waals surface area contributed by atoms with E-state index in [0.29, 0.717) is 34.3 Å². The molecule has 1 N–H and O–H groups in total. The predicted molar refractivity (Wildman–Crippen MR) is 160 cm³/mol. The molecule has 2 amide bonds. The quantitative estimate of drug-likeness (QED) is 0.267. The van der Waals surface area contributed by atoms with Crippen LogP contribution in [0.3, 0.4) is 0 Å². The van der Waals surface area contributed by atoms with Crippen LogP contribution in [-0.2, 0) is 26.2 Å². The van der Waals surface area contributed by atoms with Gasteiger partial charge in [-0.15, -0.1) is 0 Å². The van der Waals surface area contributed by atoms with Crippen molar-refractivity contribution in [1.29, 1.82) is 0 Å². The lowest BCUT2D eigenvalue weighted by atomic mass is 10.1. The highest BCUT2D eigenvalue weighted by atomic mass is 79.9. The van der Waals surface area contributed by atoms with E-state index >= 15 is 0 Å². The Bertz CT molecular complexity index is 1420. The van der Waals surface area contributed by atoms with Crippen LogP contribution in [-0.4, -0.2) is 44.3 Å². The molecule has 1 atom stereocenters. The van der Waals surface area contributed by atoms with Crippen molar-refractivity contribution in [2.24, 2.45) is 0 Å². The summed E-state index contributed by atoms with van der Waals surface area (Å²) in [6.45, 7) is 5.35. The number of halogens is 3. The summed E-state index contributed by atoms with van der Waals surface area (Å²) in [7, 11) is -4.13. The average Bonchev–Trinajstić information content (AvgIpc) is 2.90. The minimum atomic E-state index is -4.13. The SMILES string of the molecule is CCNC(=O)[C@H](CC)N(Cc1ccc(Cl)c(Cl)c1)C(=O)CN(c1ccc(Br)cc1)S(=O)(=O)c1ccc(C)cc1. The van der Waals surface area contributed by atoms with E-state index in [-0.39, 0.29) is 17.3 Å². The number of anilines is 1. The molecule has 0 aliphatic carbocycles. The summed E-state index contributed by atoms with van der Waals surface area (Å²) in [4.78, 5) is 28.4. The van der Waals surface area contributed by atoms with Crippen LogP contribution in [0.2, 0.25) is 10.0 Å². The third-order valence-electron chi connectivity index (χ3n) is 6.08. The molecule has 0 saturated carbocycles. The minimum Gasteiger partial charge on any atom is -0.355 e. The summed E-state index contributed by atoms with van der Waals surface area (Å²) in [5.41, 5.74) is 1.87. The van der Waals surface area contributed by atoms with E-state index in [2.05, 4.69) is 21.2 Å². The first-order valence-electron chi connectivity index (χ1n) is 12.3. The molecule has 7 nitrogen and oxygen atoms in total. The number of likely N-dealkylation sites (N-methyl/N-ethyl adjacent to an activating group) is 1. The Hall–Kier alpha value is -2.59. The van der Waals surface area contributed by atoms with Crippen LogP contribution in [0.5, 0.6) is 0 Å². The monoisotopic (exact) mass is 653 g/mol. The Labute approximate surface area is 248 Å². The molecule has 3 rings (SSSR count). The summed E-state index contributed by atoms with van der Waals surface area (Å²) in [6.07, 6.45) is 0.321. The lowest BCUT2D eigenvalue weighted by molar-refractivity contribution is -0.140. The number of nitrogens with zero attached hydrogens (tertiary/aromatic N) is 2. The van der Waals surface area contributed by atoms with E-state index in [1.54, 1.807) is 68.4 Å². The van der Waals surface area contributed by atoms with Gasteiger partial charge in [-0.25, -0.2) is 8.42 Å². The van der Waals surface area contributed by atoms with Gasteiger partial charge in [0.25, 0.3) is 10.0 Å². The van der Waals surface area contributed by atoms with E-state index in [9.17, 15) is 18.0 Å². The lowest BCUT2D eigenvalue weighted by Crippen LogP contribution is -2.52. The van der Waals surface area contributed by atoms with Gasteiger partial charge >= 0.3 is 0 Å². The second-order valence-corrected chi connectivity index (χ2v) is 12.5. The highest BCUT2D eigenvalue weighted by Gasteiger charge is 2.33. The number of rotatable bonds is 11. The summed E-state index contributed by atoms with van der Waals surface area (Å²) >= 11 is 15.7. The van der Waals surface area contributed by atoms with Crippen LogP contribution in [0.25, 0.3) is 0 Å². The van der Waals surface area contributed by atoms with Gasteiger partial charge < -0.3 is 10.2 Å². The van der Waals surface area contributed by atoms with Gasteiger partial charge in [0, 0.05) is 17.6 Å². The van der Waals surface area contributed by atoms with E-state index in [0.717, 1.165) is 14.3 Å². The van der Waals surface area contributed by atoms with Crippen LogP contribution in [0, 0.1) is 6.92 Å². The van der Waals surface area contributed by atoms with E-state index in [1.165, 1.54) is 17.0 Å². The van der Waals surface area contributed by atoms with Crippen LogP contribution in [0.15, 0.2) is 76.1 Å². The summed E-state index contributed by atoms with van der Waals surface area (Å²) in [5.74, 6) is -0.872. The maximum Gasteiger partial charge on any atom is 0.264 e. The zero-order valence-electron chi connectivity index (χ0n) is 21.8. The van der Waals surface area contributed by atoms with E-state index in [4.69, 9.17) is 23.2 Å². The number of carbonyl (C=O) groups is 2. The van der Waals surface area contributed by atoms with Crippen molar-refractivity contribution < 1.29 is 18.0 Å². The van der Waals surface area contributed by atoms with Gasteiger partial charge in [-0.2, -0.15) is 0 Å². The van der Waals surface area contributed by atoms with Gasteiger partial charge in [0.05, 0.1) is 20.6 Å². The molecular weight excluding hydrogens is 625 g/mol. The highest BCUT2D eigenvalue weighted by molar-refractivity contribution is 9.10. The molecule has 0 fully saturated rings. The molecule has 39 heavy (non-hydrogen) atoms. The highest BCUT2D eigenvalue weighted by Crippen LogP contribution is 2.27. The molecule has 11 heteroatoms. The largest absolute Gasteiger partial charge is 0.355 e. The number of hydrogen-bond acceptors (Lipinski definition) is 4. The van der Waals surface area contributed by atoms with Crippen LogP contribution < -0.4 is 9.62 Å². The first-order chi connectivity index (χ1) is 18.5. The van der Waals surface area contributed by atoms with Crippen LogP contribution in [0.1, 0.15) is 31.4 Å². The van der Waals surface area contributed by atoms with Gasteiger partial charge in [0.15, 0.2) is 0 Å². The molecule has 0 saturated heterocycles. The van der Waals surface area contributed by atoms with Crippen LogP contribution in [0.4, 0.5) is 5.69 Å². The molecule has 208 valence electrons. The molecule has 0 radical (unpaired) electrons. The summed E-state index contributed by atoms with van der Waals surface area (Å²) in [5, 5.41) is 3.45. The molecule has 0 bridgehead atoms. The first kappa shape index (κ1) is 30.9. The smallest absolute Gasteiger partial charge is 0.264 e. The fourth-order valence-electron chi connectivity index (χ4n) is 4.02. The zero-order valence-corrected chi connectivity index (χ0v) is 25.7. The fourth-order valence-corrected chi connectivity index (χ4v) is 6.02. The Balaban J connectivity index is 2.06. The number of nitrogens with one attached hydrogen (secondary N) is 1. The van der Waals surface area contributed by atoms with Crippen molar-refractivity contribution in [2.45, 2.75) is 44.7 Å². The Kier molecular flexibility index (Phi) is 10.8. The summed E-state index contributed by atoms with van der Waals surface area (Å²) in [6, 6.07) is 17.2. The second-order valence-electron chi connectivity index (χ2n) is 8.89. The molecule has 0 aromatic heterocycles. The number of hydrogen-bond donors (Lipinski definition) is 1. The van der Waals surface area contributed by atoms with E-state index < -0.39 is 28.5 Å². The Morgan fingerprint density at radius 2 is 1.59 bits per heavy atom. The first-order valence-corrected chi connectivity index (χ1v) is 15.3. The normalized spacial score (nSPS) is 12.1. The van der Waals surface area contributed by atoms with Gasteiger partial charge in [0.1, 0.15) is 12.6 Å². The van der Waals surface area contributed by atoms with Crippen molar-refractivity contribution in [1.82, 2.24) is 10.2 Å². The average molecular weight is 655 g/mol. The van der Waals surface area contributed by atoms with E-state index in [1.807, 2.05) is 6.92 Å². The van der Waals surface area contributed by atoms with Crippen LogP contribution >= 0.6 is 39.1 Å². The molecule has 0 spiro atoms. The molecule has 0 heterocycles. The number of amides is 2. The molecule has 3 aromatic rings. The maximum absolute atomic E-state index is 14.0. The standard InChI is InChI=1S/C28H30BrCl2N3O4S/c1-4-26(28(36)32-5-2)33(17-20-8-15-24(30)25(31)16-20)27(35)18-34(22-11-9-21(29)10-12-22)39(37,38)23-13-6-19(3)7-14-23/h6-16,26H,4-5,17-18H2,1-3H3,(H,32,36)/t26-/m0/s1. The van der Waals surface area contributed by atoms with Gasteiger partial charge in [-0.05, 0) is 74.4 Å². The molecule has 3 aromatic carbocycles. The summed E-state index contributed by atoms with van der Waals surface area (Å²) < 4.78 is 29.5. The van der Waals surface area contributed by atoms with Crippen molar-refractivity contribution in [3.8, 4) is 0 Å². The Morgan fingerprint density at radius 1 is 0.949 bits per heavy atom. The van der Waals surface area contributed by atoms with Crippen molar-refractivity contribution in [3.63, 3.8) is 0 Å². The minimum absolute atomic E-state index is 0.0319. The second kappa shape index (κ2) is 13.7. The van der Waals surface area contributed by atoms with Gasteiger partial charge in [0.2, 0.25) is 11.8 Å². The Morgan fingerprint density at radius 3 is 2.15 bits per heavy atom. The molecule has 0 aliphatic heterocycles. The third-order valence-corrected chi connectivity index (χ3v) is 9.13. The topological polar surface area (TPSA) is 86.8 Å². The third kappa shape index (κ3) is 7.75. The fraction of sp³-hybridized carbons (Fsp3) is 0.286. The zero-order chi connectivity index (χ0) is 28.7. The molecular formula is C28H30BrCl2N3O4S. The number of aryl methyl sites for hydroxylation is 1. The van der Waals surface area contributed by atoms with Crippen molar-refractivity contribution >= 4 is 66.7 Å². The number of sulfonamides is 1. The van der Waals surface area contributed by atoms with Crippen molar-refractivity contribution in [2.75, 3.05) is 17.4 Å². The molecule has 0 aliphatic rings. The predicted octanol–water partition coefficient (Wildman–Crippen LogP) is 6.20. The number of benzene rings is 3. The molecule has 0 unspecified atom stereocenters. The maximum atomic E-state index is 14.0.